The molecule has 4 aromatic rings. The van der Waals surface area contributed by atoms with Crippen molar-refractivity contribution in [2.75, 3.05) is 44.2 Å². The van der Waals surface area contributed by atoms with E-state index >= 15 is 4.39 Å². The van der Waals surface area contributed by atoms with Gasteiger partial charge in [0.05, 0.1) is 10.9 Å². The Kier molecular flexibility index (Phi) is 7.86. The number of carbonyl (C=O) groups is 1. The number of hydrogen-bond donors (Lipinski definition) is 1. The molecule has 49 heavy (non-hydrogen) atoms. The molecule has 4 aliphatic heterocycles. The van der Waals surface area contributed by atoms with Crippen molar-refractivity contribution in [1.29, 1.82) is 0 Å². The Morgan fingerprint density at radius 3 is 2.82 bits per heavy atom. The molecule has 1 N–H and O–H groups in total. The molecule has 4 saturated heterocycles. The Labute approximate surface area is 278 Å². The highest BCUT2D eigenvalue weighted by Crippen LogP contribution is 2.42. The average Bonchev–Trinajstić information content (AvgIpc) is 3.72. The summed E-state index contributed by atoms with van der Waals surface area (Å²) in [5.41, 5.74) is 0.247. The topological polar surface area (TPSA) is 92.7 Å². The molecule has 9 nitrogen and oxygen atoms in total. The first-order valence-corrected chi connectivity index (χ1v) is 16.7. The highest BCUT2D eigenvalue weighted by Gasteiger charge is 2.49. The first-order chi connectivity index (χ1) is 23.5. The number of fused-ring (bicyclic) bond motifs is 5. The highest BCUT2D eigenvalue weighted by atomic mass is 19.4. The van der Waals surface area contributed by atoms with Gasteiger partial charge < -0.3 is 19.7 Å². The van der Waals surface area contributed by atoms with Crippen LogP contribution in [-0.2, 0) is 11.2 Å². The van der Waals surface area contributed by atoms with Crippen molar-refractivity contribution in [2.24, 2.45) is 5.92 Å². The number of hydrogen-bond acceptors (Lipinski definition) is 9. The van der Waals surface area contributed by atoms with Gasteiger partial charge in [-0.2, -0.15) is 23.1 Å². The van der Waals surface area contributed by atoms with Crippen molar-refractivity contribution in [3.8, 4) is 23.0 Å². The summed E-state index contributed by atoms with van der Waals surface area (Å²) < 4.78 is 82.0. The number of aryl methyl sites for hydroxylation is 1. The fourth-order valence-electron chi connectivity index (χ4n) is 8.35. The summed E-state index contributed by atoms with van der Waals surface area (Å²) in [6.45, 7) is 5.40. The first-order valence-electron chi connectivity index (χ1n) is 16.7. The Bertz CT molecular complexity index is 1950. The first kappa shape index (κ1) is 32.1. The van der Waals surface area contributed by atoms with Crippen LogP contribution in [0, 0.1) is 11.7 Å². The summed E-state index contributed by atoms with van der Waals surface area (Å²) in [7, 11) is 0. The van der Waals surface area contributed by atoms with Gasteiger partial charge in [0.1, 0.15) is 35.6 Å². The smallest absolute Gasteiger partial charge is 0.461 e. The molecule has 2 bridgehead atoms. The largest absolute Gasteiger partial charge is 0.491 e. The molecule has 4 aliphatic rings. The molecule has 2 aromatic heterocycles. The molecule has 0 spiro atoms. The number of esters is 1. The number of anilines is 1. The molecule has 0 unspecified atom stereocenters. The fourth-order valence-corrected chi connectivity index (χ4v) is 8.35. The van der Waals surface area contributed by atoms with Gasteiger partial charge in [-0.15, -0.1) is 0 Å². The van der Waals surface area contributed by atoms with E-state index in [9.17, 15) is 22.4 Å². The summed E-state index contributed by atoms with van der Waals surface area (Å²) in [5, 5.41) is 4.90. The second-order valence-electron chi connectivity index (χ2n) is 13.7. The van der Waals surface area contributed by atoms with E-state index < -0.39 is 35.4 Å². The van der Waals surface area contributed by atoms with Crippen molar-refractivity contribution in [2.45, 2.75) is 63.0 Å². The van der Waals surface area contributed by atoms with E-state index in [0.29, 0.717) is 60.4 Å². The minimum Gasteiger partial charge on any atom is -0.461 e. The standard InChI is InChI=1S/C35H35F5N6O3/c1-2-20-5-3-6-21-10-24(49-32(47)35(38,39)40)11-25(27(20)21)29-28(37)30-26(14-42-29)31(45-15-19-9-23(17-45)41-13-19)44-33(43-30)48-18-34-7-4-8-46(34)16-22(36)12-34/h3,5-6,10-11,14,19,22-23,41H,2,4,7-9,12-13,15-18H2,1H3/t19-,22+,23-,34-/m0/s1. The molecule has 14 heteroatoms. The maximum absolute atomic E-state index is 17.0. The second-order valence-corrected chi connectivity index (χ2v) is 13.7. The van der Waals surface area contributed by atoms with Gasteiger partial charge in [-0.1, -0.05) is 25.1 Å². The number of pyridine rings is 1. The lowest BCUT2D eigenvalue weighted by atomic mass is 9.94. The van der Waals surface area contributed by atoms with Gasteiger partial charge in [-0.3, -0.25) is 9.88 Å². The molecule has 8 rings (SSSR count). The van der Waals surface area contributed by atoms with Crippen molar-refractivity contribution < 1.29 is 36.2 Å². The van der Waals surface area contributed by atoms with Crippen LogP contribution < -0.4 is 19.7 Å². The van der Waals surface area contributed by atoms with Gasteiger partial charge in [0.25, 0.3) is 0 Å². The maximum Gasteiger partial charge on any atom is 0.491 e. The SMILES string of the molecule is CCc1cccc2cc(OC(=O)C(F)(F)F)cc(-c3ncc4c(N5C[C@@H]6CN[C@@H](C6)C5)nc(OC[C@@]56CCCN5C[C@H](F)C6)nc4c3F)c12. The van der Waals surface area contributed by atoms with E-state index in [2.05, 4.69) is 25.1 Å². The minimum absolute atomic E-state index is 0.0417. The van der Waals surface area contributed by atoms with Crippen LogP contribution in [0.5, 0.6) is 11.8 Å². The number of ether oxygens (including phenoxy) is 2. The average molecular weight is 683 g/mol. The van der Waals surface area contributed by atoms with Gasteiger partial charge >= 0.3 is 18.2 Å². The molecule has 258 valence electrons. The van der Waals surface area contributed by atoms with Crippen molar-refractivity contribution in [1.82, 2.24) is 25.2 Å². The summed E-state index contributed by atoms with van der Waals surface area (Å²) in [5.74, 6) is -2.75. The third-order valence-electron chi connectivity index (χ3n) is 10.5. The van der Waals surface area contributed by atoms with E-state index in [0.717, 1.165) is 37.9 Å². The lowest BCUT2D eigenvalue weighted by molar-refractivity contribution is -0.189. The third kappa shape index (κ3) is 5.72. The van der Waals surface area contributed by atoms with E-state index in [4.69, 9.17) is 14.5 Å². The Morgan fingerprint density at radius 2 is 2.02 bits per heavy atom. The molecule has 2 aromatic carbocycles. The molecule has 4 atom stereocenters. The van der Waals surface area contributed by atoms with E-state index in [-0.39, 0.29) is 35.4 Å². The number of piperidine rings is 1. The molecule has 4 fully saturated rings. The molecule has 6 heterocycles. The Hall–Kier alpha value is -4.17. The second kappa shape index (κ2) is 12.0. The number of nitrogens with zero attached hydrogens (tertiary/aromatic N) is 5. The minimum atomic E-state index is -5.22. The normalized spacial score (nSPS) is 25.3. The van der Waals surface area contributed by atoms with E-state index in [1.807, 2.05) is 13.0 Å². The van der Waals surface area contributed by atoms with E-state index in [1.165, 1.54) is 18.3 Å². The lowest BCUT2D eigenvalue weighted by Crippen LogP contribution is -2.44. The summed E-state index contributed by atoms with van der Waals surface area (Å²) in [6, 6.07) is 7.96. The lowest BCUT2D eigenvalue weighted by Gasteiger charge is -2.33. The number of halogens is 5. The predicted octanol–water partition coefficient (Wildman–Crippen LogP) is 5.77. The fraction of sp³-hybridized carbons (Fsp3) is 0.486. The van der Waals surface area contributed by atoms with Crippen molar-refractivity contribution in [3.05, 3.63) is 47.9 Å². The monoisotopic (exact) mass is 682 g/mol. The highest BCUT2D eigenvalue weighted by molar-refractivity contribution is 6.02. The Morgan fingerprint density at radius 1 is 1.16 bits per heavy atom. The van der Waals surface area contributed by atoms with Crippen molar-refractivity contribution >= 4 is 33.5 Å². The summed E-state index contributed by atoms with van der Waals surface area (Å²) in [6.07, 6.45) is -1.07. The van der Waals surface area contributed by atoms with Crippen molar-refractivity contribution in [3.63, 3.8) is 0 Å². The van der Waals surface area contributed by atoms with Gasteiger partial charge in [0, 0.05) is 50.4 Å². The van der Waals surface area contributed by atoms with Crippen LogP contribution in [0.2, 0.25) is 0 Å². The number of carbonyl (C=O) groups excluding carboxylic acids is 1. The van der Waals surface area contributed by atoms with Crippen LogP contribution in [0.3, 0.4) is 0 Å². The van der Waals surface area contributed by atoms with Crippen LogP contribution in [0.1, 0.15) is 38.2 Å². The van der Waals surface area contributed by atoms with Gasteiger partial charge in [-0.05, 0) is 66.6 Å². The van der Waals surface area contributed by atoms with Crippen LogP contribution in [-0.4, -0.2) is 89.1 Å². The van der Waals surface area contributed by atoms with Crippen LogP contribution >= 0.6 is 0 Å². The molecular weight excluding hydrogens is 647 g/mol. The maximum atomic E-state index is 17.0. The van der Waals surface area contributed by atoms with E-state index in [1.54, 1.807) is 12.1 Å². The summed E-state index contributed by atoms with van der Waals surface area (Å²) in [4.78, 5) is 29.9. The molecule has 0 saturated carbocycles. The van der Waals surface area contributed by atoms with Crippen LogP contribution in [0.15, 0.2) is 36.5 Å². The molecular formula is C35H35F5N6O3. The predicted molar refractivity (Wildman–Crippen MR) is 172 cm³/mol. The van der Waals surface area contributed by atoms with Crippen LogP contribution in [0.4, 0.5) is 27.8 Å². The number of benzene rings is 2. The van der Waals surface area contributed by atoms with Gasteiger partial charge in [0.2, 0.25) is 0 Å². The van der Waals surface area contributed by atoms with Gasteiger partial charge in [-0.25, -0.2) is 13.6 Å². The molecule has 0 aliphatic carbocycles. The Balaban J connectivity index is 1.26. The quantitative estimate of drug-likeness (QED) is 0.148. The number of rotatable bonds is 7. The van der Waals surface area contributed by atoms with Gasteiger partial charge in [0.15, 0.2) is 5.82 Å². The zero-order valence-corrected chi connectivity index (χ0v) is 26.8. The molecule has 0 radical (unpaired) electrons. The number of nitrogens with one attached hydrogen (secondary N) is 1. The van der Waals surface area contributed by atoms with Crippen LogP contribution in [0.25, 0.3) is 32.9 Å². The molecule has 0 amide bonds. The zero-order valence-electron chi connectivity index (χ0n) is 26.8. The summed E-state index contributed by atoms with van der Waals surface area (Å²) >= 11 is 0. The zero-order chi connectivity index (χ0) is 34.1. The number of alkyl halides is 4. The number of aromatic nitrogens is 3. The third-order valence-corrected chi connectivity index (χ3v) is 10.5.